The number of hydrogen-bond acceptors (Lipinski definition) is 5. The molecule has 0 aliphatic carbocycles. The number of rotatable bonds is 12. The van der Waals surface area contributed by atoms with E-state index in [1.165, 1.54) is 13.8 Å². The van der Waals surface area contributed by atoms with E-state index >= 15 is 0 Å². The smallest absolute Gasteiger partial charge is 0.381 e. The second-order valence-corrected chi connectivity index (χ2v) is 5.58. The second-order valence-electron chi connectivity index (χ2n) is 5.58. The van der Waals surface area contributed by atoms with E-state index in [9.17, 15) is 41.4 Å². The van der Waals surface area contributed by atoms with Crippen LogP contribution in [0.2, 0.25) is 0 Å². The average molecular weight is 398 g/mol. The van der Waals surface area contributed by atoms with Crippen molar-refractivity contribution in [3.8, 4) is 0 Å². The molecule has 2 N–H and O–H groups in total. The van der Waals surface area contributed by atoms with Gasteiger partial charge in [0.05, 0.1) is 12.2 Å². The number of carbonyl (C=O) groups excluding carboxylic acids is 1. The first kappa shape index (κ1) is 25.1. The van der Waals surface area contributed by atoms with E-state index in [4.69, 9.17) is 9.47 Å². The Morgan fingerprint density at radius 1 is 0.808 bits per heavy atom. The lowest BCUT2D eigenvalue weighted by Gasteiger charge is -2.25. The summed E-state index contributed by atoms with van der Waals surface area (Å²) in [7, 11) is 0. The number of alkyl halides is 6. The van der Waals surface area contributed by atoms with Crippen LogP contribution in [0, 0.1) is 0 Å². The number of Topliss-reactive ketones (excluding diaryl/α,β-unsaturated/α-hetero) is 1. The van der Waals surface area contributed by atoms with Crippen molar-refractivity contribution in [3.05, 3.63) is 0 Å². The Hall–Kier alpha value is -0.910. The molecule has 0 aromatic heterocycles. The van der Waals surface area contributed by atoms with E-state index in [1.54, 1.807) is 0 Å². The van der Waals surface area contributed by atoms with Crippen molar-refractivity contribution in [1.82, 2.24) is 0 Å². The predicted octanol–water partition coefficient (Wildman–Crippen LogP) is 2.77. The average Bonchev–Trinajstić information content (AvgIpc) is 2.52. The van der Waals surface area contributed by atoms with Crippen LogP contribution < -0.4 is 0 Å². The number of aliphatic hydroxyl groups is 2. The van der Waals surface area contributed by atoms with Gasteiger partial charge in [0.15, 0.2) is 12.2 Å². The van der Waals surface area contributed by atoms with Crippen molar-refractivity contribution in [3.63, 3.8) is 0 Å². The van der Waals surface area contributed by atoms with Gasteiger partial charge in [-0.2, -0.15) is 26.3 Å². The molecule has 2 unspecified atom stereocenters. The topological polar surface area (TPSA) is 76.0 Å². The monoisotopic (exact) mass is 398 g/mol. The van der Waals surface area contributed by atoms with Gasteiger partial charge in [0, 0.05) is 26.1 Å². The van der Waals surface area contributed by atoms with E-state index in [0.29, 0.717) is 0 Å². The minimum absolute atomic E-state index is 0.115. The zero-order valence-corrected chi connectivity index (χ0v) is 14.4. The van der Waals surface area contributed by atoms with Crippen LogP contribution in [-0.4, -0.2) is 66.0 Å². The van der Waals surface area contributed by atoms with Gasteiger partial charge in [-0.15, -0.1) is 0 Å². The summed E-state index contributed by atoms with van der Waals surface area (Å²) in [5.74, 6) is -0.622. The Balaban J connectivity index is 4.62. The number of ketones is 1. The molecule has 156 valence electrons. The van der Waals surface area contributed by atoms with Crippen LogP contribution in [0.3, 0.4) is 0 Å². The van der Waals surface area contributed by atoms with Crippen LogP contribution in [0.1, 0.15) is 39.5 Å². The molecular formula is C15H24F6O5. The molecule has 26 heavy (non-hydrogen) atoms. The van der Waals surface area contributed by atoms with E-state index in [2.05, 4.69) is 0 Å². The maximum absolute atomic E-state index is 12.5. The second kappa shape index (κ2) is 11.1. The quantitative estimate of drug-likeness (QED) is 0.495. The largest absolute Gasteiger partial charge is 0.416 e. The van der Waals surface area contributed by atoms with E-state index in [-0.39, 0.29) is 13.2 Å². The number of aliphatic hydroxyl groups excluding tert-OH is 2. The number of carbonyl (C=O) groups is 1. The number of halogens is 6. The van der Waals surface area contributed by atoms with Crippen LogP contribution in [0.4, 0.5) is 26.3 Å². The van der Waals surface area contributed by atoms with Gasteiger partial charge in [0.1, 0.15) is 5.78 Å². The summed E-state index contributed by atoms with van der Waals surface area (Å²) < 4.78 is 84.7. The Bertz CT molecular complexity index is 376. The van der Waals surface area contributed by atoms with Crippen molar-refractivity contribution in [2.45, 2.75) is 76.3 Å². The molecule has 0 aromatic carbocycles. The third-order valence-corrected chi connectivity index (χ3v) is 3.55. The molecule has 0 saturated carbocycles. The van der Waals surface area contributed by atoms with Gasteiger partial charge in [0.2, 0.25) is 0 Å². The van der Waals surface area contributed by atoms with Crippen molar-refractivity contribution < 1.29 is 50.8 Å². The van der Waals surface area contributed by atoms with Gasteiger partial charge in [0.25, 0.3) is 0 Å². The highest BCUT2D eigenvalue weighted by Crippen LogP contribution is 2.28. The molecule has 0 radical (unpaired) electrons. The molecular weight excluding hydrogens is 374 g/mol. The summed E-state index contributed by atoms with van der Waals surface area (Å²) in [4.78, 5) is 11.8. The third kappa shape index (κ3) is 9.15. The Kier molecular flexibility index (Phi) is 10.7. The highest BCUT2D eigenvalue weighted by atomic mass is 19.4. The lowest BCUT2D eigenvalue weighted by atomic mass is 10.0. The summed E-state index contributed by atoms with van der Waals surface area (Å²) in [6.45, 7) is 2.61. The molecule has 0 heterocycles. The zero-order chi connectivity index (χ0) is 20.5. The molecule has 4 atom stereocenters. The van der Waals surface area contributed by atoms with Gasteiger partial charge in [-0.05, 0) is 26.7 Å². The Morgan fingerprint density at radius 3 is 1.35 bits per heavy atom. The first-order valence-corrected chi connectivity index (χ1v) is 8.09. The van der Waals surface area contributed by atoms with Crippen molar-refractivity contribution in [2.24, 2.45) is 0 Å². The third-order valence-electron chi connectivity index (χ3n) is 3.55. The van der Waals surface area contributed by atoms with Crippen molar-refractivity contribution in [2.75, 3.05) is 13.2 Å². The van der Waals surface area contributed by atoms with E-state index < -0.39 is 68.2 Å². The summed E-state index contributed by atoms with van der Waals surface area (Å²) in [6, 6.07) is 0. The highest BCUT2D eigenvalue weighted by molar-refractivity contribution is 5.78. The molecule has 0 aliphatic rings. The Labute approximate surface area is 147 Å². The number of ether oxygens (including phenoxy) is 2. The van der Waals surface area contributed by atoms with Crippen molar-refractivity contribution >= 4 is 5.78 Å². The van der Waals surface area contributed by atoms with Gasteiger partial charge in [-0.25, -0.2) is 0 Å². The van der Waals surface area contributed by atoms with Crippen LogP contribution in [0.5, 0.6) is 0 Å². The van der Waals surface area contributed by atoms with E-state index in [0.717, 1.165) is 0 Å². The van der Waals surface area contributed by atoms with Gasteiger partial charge >= 0.3 is 12.4 Å². The standard InChI is InChI=1S/C15H24F6O5/c1-3-25-10(12(23)14(16,17)18)7-5-9(22)6-8-11(26-4-2)13(24)15(19,20)21/h10-13,23-24H,3-8H2,1-2H3/t10-,11-,12?,13?/m0/s1. The van der Waals surface area contributed by atoms with E-state index in [1.807, 2.05) is 0 Å². The SMILES string of the molecule is CCO[C@@H](CCC(=O)CC[C@H](OCC)C(O)C(F)(F)F)C(O)C(F)(F)F. The fourth-order valence-electron chi connectivity index (χ4n) is 2.25. The maximum atomic E-state index is 12.5. The summed E-state index contributed by atoms with van der Waals surface area (Å²) in [6.07, 6.45) is -20.4. The van der Waals surface area contributed by atoms with Gasteiger partial charge < -0.3 is 19.7 Å². The summed E-state index contributed by atoms with van der Waals surface area (Å²) in [5.41, 5.74) is 0. The lowest BCUT2D eigenvalue weighted by molar-refractivity contribution is -0.237. The predicted molar refractivity (Wildman–Crippen MR) is 78.4 cm³/mol. The highest BCUT2D eigenvalue weighted by Gasteiger charge is 2.45. The molecule has 0 amide bonds. The Morgan fingerprint density at radius 2 is 1.12 bits per heavy atom. The molecule has 0 rings (SSSR count). The molecule has 5 nitrogen and oxygen atoms in total. The minimum Gasteiger partial charge on any atom is -0.381 e. The molecule has 0 aliphatic heterocycles. The molecule has 0 bridgehead atoms. The fraction of sp³-hybridized carbons (Fsp3) is 0.933. The number of hydrogen-bond donors (Lipinski definition) is 2. The first-order valence-electron chi connectivity index (χ1n) is 8.09. The normalized spacial score (nSPS) is 17.6. The fourth-order valence-corrected chi connectivity index (χ4v) is 2.25. The van der Waals surface area contributed by atoms with Gasteiger partial charge in [-0.1, -0.05) is 0 Å². The van der Waals surface area contributed by atoms with Crippen molar-refractivity contribution in [1.29, 1.82) is 0 Å². The van der Waals surface area contributed by atoms with Crippen LogP contribution in [-0.2, 0) is 14.3 Å². The molecule has 11 heteroatoms. The van der Waals surface area contributed by atoms with Crippen LogP contribution in [0.15, 0.2) is 0 Å². The van der Waals surface area contributed by atoms with Gasteiger partial charge in [-0.3, -0.25) is 4.79 Å². The molecule has 0 aromatic rings. The summed E-state index contributed by atoms with van der Waals surface area (Å²) in [5, 5.41) is 18.4. The summed E-state index contributed by atoms with van der Waals surface area (Å²) >= 11 is 0. The van der Waals surface area contributed by atoms with Crippen LogP contribution in [0.25, 0.3) is 0 Å². The zero-order valence-electron chi connectivity index (χ0n) is 14.4. The lowest BCUT2D eigenvalue weighted by Crippen LogP contribution is -2.42. The molecule has 0 saturated heterocycles. The maximum Gasteiger partial charge on any atom is 0.416 e. The van der Waals surface area contributed by atoms with Crippen LogP contribution >= 0.6 is 0 Å². The molecule has 0 fully saturated rings. The first-order chi connectivity index (χ1) is 11.8. The minimum atomic E-state index is -4.92. The molecule has 0 spiro atoms.